The van der Waals surface area contributed by atoms with E-state index in [0.717, 1.165) is 18.4 Å². The van der Waals surface area contributed by atoms with Gasteiger partial charge in [-0.2, -0.15) is 0 Å². The zero-order valence-corrected chi connectivity index (χ0v) is 11.8. The maximum absolute atomic E-state index is 12.5. The Morgan fingerprint density at radius 2 is 2.05 bits per heavy atom. The molecule has 1 saturated carbocycles. The molecule has 1 aromatic rings. The summed E-state index contributed by atoms with van der Waals surface area (Å²) in [5, 5.41) is 9.35. The summed E-state index contributed by atoms with van der Waals surface area (Å²) in [6.45, 7) is 0. The minimum atomic E-state index is -0.899. The summed E-state index contributed by atoms with van der Waals surface area (Å²) in [4.78, 5) is 29.4. The van der Waals surface area contributed by atoms with Crippen molar-refractivity contribution in [2.24, 2.45) is 5.92 Å². The van der Waals surface area contributed by atoms with Crippen LogP contribution in [0.15, 0.2) is 24.5 Å². The molecule has 1 aliphatic carbocycles. The smallest absolute Gasteiger partial charge is 0.327 e. The van der Waals surface area contributed by atoms with Gasteiger partial charge in [0.1, 0.15) is 6.04 Å². The van der Waals surface area contributed by atoms with Crippen molar-refractivity contribution >= 4 is 23.6 Å². The summed E-state index contributed by atoms with van der Waals surface area (Å²) in [5.74, 6) is -0.0153. The molecule has 1 amide bonds. The Kier molecular flexibility index (Phi) is 3.65. The molecule has 2 unspecified atom stereocenters. The fraction of sp³-hybridized carbons (Fsp3) is 0.500. The van der Waals surface area contributed by atoms with Gasteiger partial charge in [-0.15, -0.1) is 11.8 Å². The molecule has 1 N–H and O–H groups in total. The molecule has 1 aliphatic heterocycles. The summed E-state index contributed by atoms with van der Waals surface area (Å²) in [6.07, 6.45) is 5.74. The second-order valence-electron chi connectivity index (χ2n) is 5.25. The van der Waals surface area contributed by atoms with E-state index in [9.17, 15) is 14.7 Å². The van der Waals surface area contributed by atoms with Crippen molar-refractivity contribution in [2.45, 2.75) is 30.7 Å². The van der Waals surface area contributed by atoms with Gasteiger partial charge >= 0.3 is 5.97 Å². The fourth-order valence-electron chi connectivity index (χ4n) is 2.54. The van der Waals surface area contributed by atoms with Gasteiger partial charge in [-0.25, -0.2) is 4.79 Å². The average Bonchev–Trinajstić information content (AvgIpc) is 3.17. The van der Waals surface area contributed by atoms with Gasteiger partial charge in [0.05, 0.1) is 11.8 Å². The van der Waals surface area contributed by atoms with Crippen LogP contribution in [0.2, 0.25) is 0 Å². The molecule has 0 aromatic carbocycles. The molecule has 1 aromatic heterocycles. The van der Waals surface area contributed by atoms with Crippen LogP contribution < -0.4 is 0 Å². The van der Waals surface area contributed by atoms with E-state index in [2.05, 4.69) is 4.98 Å². The lowest BCUT2D eigenvalue weighted by Gasteiger charge is -2.27. The number of carboxylic acid groups (broad SMARTS) is 1. The molecule has 6 heteroatoms. The fourth-order valence-corrected chi connectivity index (χ4v) is 4.20. The van der Waals surface area contributed by atoms with Crippen LogP contribution in [0.1, 0.15) is 18.4 Å². The second-order valence-corrected chi connectivity index (χ2v) is 6.40. The lowest BCUT2D eigenvalue weighted by Crippen LogP contribution is -2.46. The molecule has 2 heterocycles. The normalized spacial score (nSPS) is 25.7. The van der Waals surface area contributed by atoms with Crippen molar-refractivity contribution in [3.05, 3.63) is 30.1 Å². The zero-order valence-electron chi connectivity index (χ0n) is 10.9. The Morgan fingerprint density at radius 3 is 2.65 bits per heavy atom. The van der Waals surface area contributed by atoms with Crippen LogP contribution in [-0.2, 0) is 16.0 Å². The SMILES string of the molecule is O=C(O)C1CSC(C2CC2)N1C(=O)Cc1ccncc1. The Hall–Kier alpha value is -1.56. The number of hydrogen-bond acceptors (Lipinski definition) is 4. The van der Waals surface area contributed by atoms with Crippen molar-refractivity contribution in [1.82, 2.24) is 9.88 Å². The first-order valence-corrected chi connectivity index (χ1v) is 7.76. The van der Waals surface area contributed by atoms with Crippen LogP contribution in [0.5, 0.6) is 0 Å². The highest BCUT2D eigenvalue weighted by atomic mass is 32.2. The molecule has 20 heavy (non-hydrogen) atoms. The van der Waals surface area contributed by atoms with Crippen molar-refractivity contribution in [1.29, 1.82) is 0 Å². The number of aromatic nitrogens is 1. The standard InChI is InChI=1S/C14H16N2O3S/c17-12(7-9-3-5-15-6-4-9)16-11(14(18)19)8-20-13(16)10-1-2-10/h3-6,10-11,13H,1-2,7-8H2,(H,18,19). The quantitative estimate of drug-likeness (QED) is 0.908. The van der Waals surface area contributed by atoms with Gasteiger partial charge < -0.3 is 10.0 Å². The van der Waals surface area contributed by atoms with Crippen LogP contribution in [0.3, 0.4) is 0 Å². The number of thioether (sulfide) groups is 1. The molecule has 3 rings (SSSR count). The van der Waals surface area contributed by atoms with Crippen molar-refractivity contribution in [3.8, 4) is 0 Å². The van der Waals surface area contributed by atoms with Crippen LogP contribution in [0.4, 0.5) is 0 Å². The molecule has 2 fully saturated rings. The van der Waals surface area contributed by atoms with E-state index < -0.39 is 12.0 Å². The number of aliphatic carboxylic acids is 1. The molecule has 0 spiro atoms. The predicted molar refractivity (Wildman–Crippen MR) is 75.2 cm³/mol. The monoisotopic (exact) mass is 292 g/mol. The van der Waals surface area contributed by atoms with Gasteiger partial charge in [0.25, 0.3) is 0 Å². The van der Waals surface area contributed by atoms with E-state index >= 15 is 0 Å². The molecule has 106 valence electrons. The molecule has 1 saturated heterocycles. The second kappa shape index (κ2) is 5.44. The maximum Gasteiger partial charge on any atom is 0.327 e. The number of amides is 1. The number of nitrogens with zero attached hydrogens (tertiary/aromatic N) is 2. The largest absolute Gasteiger partial charge is 0.480 e. The number of carboxylic acids is 1. The van der Waals surface area contributed by atoms with Crippen molar-refractivity contribution in [2.75, 3.05) is 5.75 Å². The van der Waals surface area contributed by atoms with E-state index in [1.54, 1.807) is 41.2 Å². The molecule has 5 nitrogen and oxygen atoms in total. The van der Waals surface area contributed by atoms with Crippen LogP contribution in [-0.4, -0.2) is 44.0 Å². The van der Waals surface area contributed by atoms with Gasteiger partial charge in [-0.1, -0.05) is 0 Å². The van der Waals surface area contributed by atoms with E-state index in [0.29, 0.717) is 11.7 Å². The summed E-state index contributed by atoms with van der Waals surface area (Å²) in [7, 11) is 0. The number of carbonyl (C=O) groups excluding carboxylic acids is 1. The molecule has 0 radical (unpaired) electrons. The Morgan fingerprint density at radius 1 is 1.35 bits per heavy atom. The van der Waals surface area contributed by atoms with Gasteiger partial charge in [-0.05, 0) is 36.5 Å². The van der Waals surface area contributed by atoms with E-state index in [1.165, 1.54) is 0 Å². The minimum Gasteiger partial charge on any atom is -0.480 e. The third kappa shape index (κ3) is 2.65. The average molecular weight is 292 g/mol. The van der Waals surface area contributed by atoms with Gasteiger partial charge in [0, 0.05) is 18.1 Å². The van der Waals surface area contributed by atoms with E-state index in [-0.39, 0.29) is 17.7 Å². The summed E-state index contributed by atoms with van der Waals surface area (Å²) >= 11 is 1.61. The highest BCUT2D eigenvalue weighted by Gasteiger charge is 2.47. The summed E-state index contributed by atoms with van der Waals surface area (Å²) < 4.78 is 0. The first-order chi connectivity index (χ1) is 9.66. The Labute approximate surface area is 121 Å². The number of hydrogen-bond donors (Lipinski definition) is 1. The van der Waals surface area contributed by atoms with Gasteiger partial charge in [0.15, 0.2) is 0 Å². The third-order valence-electron chi connectivity index (χ3n) is 3.74. The maximum atomic E-state index is 12.5. The molecule has 0 bridgehead atoms. The highest BCUT2D eigenvalue weighted by molar-refractivity contribution is 8.00. The van der Waals surface area contributed by atoms with Crippen LogP contribution >= 0.6 is 11.8 Å². The van der Waals surface area contributed by atoms with Crippen LogP contribution in [0, 0.1) is 5.92 Å². The third-order valence-corrected chi connectivity index (χ3v) is 5.20. The van der Waals surface area contributed by atoms with E-state index in [4.69, 9.17) is 0 Å². The van der Waals surface area contributed by atoms with Crippen LogP contribution in [0.25, 0.3) is 0 Å². The topological polar surface area (TPSA) is 70.5 Å². The first-order valence-electron chi connectivity index (χ1n) is 6.71. The Balaban J connectivity index is 1.76. The summed E-state index contributed by atoms with van der Waals surface area (Å²) in [6, 6.07) is 2.91. The molecule has 2 atom stereocenters. The molecular weight excluding hydrogens is 276 g/mol. The predicted octanol–water partition coefficient (Wildman–Crippen LogP) is 1.39. The number of pyridine rings is 1. The van der Waals surface area contributed by atoms with E-state index in [1.807, 2.05) is 0 Å². The van der Waals surface area contributed by atoms with Gasteiger partial charge in [-0.3, -0.25) is 9.78 Å². The molecular formula is C14H16N2O3S. The van der Waals surface area contributed by atoms with Gasteiger partial charge in [0.2, 0.25) is 5.91 Å². The summed E-state index contributed by atoms with van der Waals surface area (Å²) in [5.41, 5.74) is 0.876. The van der Waals surface area contributed by atoms with Crippen molar-refractivity contribution < 1.29 is 14.7 Å². The lowest BCUT2D eigenvalue weighted by molar-refractivity contribution is -0.149. The highest BCUT2D eigenvalue weighted by Crippen LogP contribution is 2.45. The lowest BCUT2D eigenvalue weighted by atomic mass is 10.1. The minimum absolute atomic E-state index is 0.0467. The van der Waals surface area contributed by atoms with Crippen molar-refractivity contribution in [3.63, 3.8) is 0 Å². The Bertz CT molecular complexity index is 518. The number of carbonyl (C=O) groups is 2. The zero-order chi connectivity index (χ0) is 14.1. The molecule has 2 aliphatic rings. The number of rotatable bonds is 4. The first kappa shape index (κ1) is 13.4.